The minimum Gasteiger partial charge on any atom is -0.435 e. The Kier molecular flexibility index (Phi) is 2.78. The molecule has 2 nitrogen and oxygen atoms in total. The fourth-order valence-corrected chi connectivity index (χ4v) is 1.97. The monoisotopic (exact) mass is 223 g/mol. The quantitative estimate of drug-likeness (QED) is 0.788. The first-order valence-electron chi connectivity index (χ1n) is 5.13. The molecule has 16 heavy (non-hydrogen) atoms. The van der Waals surface area contributed by atoms with E-state index in [9.17, 15) is 8.78 Å². The molecule has 0 bridgehead atoms. The number of hydrogen-bond acceptors (Lipinski definition) is 2. The van der Waals surface area contributed by atoms with Gasteiger partial charge in [0.15, 0.2) is 0 Å². The summed E-state index contributed by atoms with van der Waals surface area (Å²) >= 11 is 0. The van der Waals surface area contributed by atoms with Crippen molar-refractivity contribution < 1.29 is 13.5 Å². The molecule has 1 aromatic rings. The summed E-state index contributed by atoms with van der Waals surface area (Å²) in [5.74, 6) is 0.119. The van der Waals surface area contributed by atoms with E-state index in [4.69, 9.17) is 5.26 Å². The van der Waals surface area contributed by atoms with Gasteiger partial charge in [-0.1, -0.05) is 12.1 Å². The standard InChI is InChI=1S/C12H11F2NO/c13-11(14)16-10-4-1-3-9(7-10)12(8-15)5-2-6-12/h1,3-4,7,11H,2,5-6H2. The Hall–Kier alpha value is -1.63. The summed E-state index contributed by atoms with van der Waals surface area (Å²) in [6.45, 7) is -2.82. The average molecular weight is 223 g/mol. The maximum absolute atomic E-state index is 12.0. The highest BCUT2D eigenvalue weighted by Gasteiger charge is 2.39. The van der Waals surface area contributed by atoms with E-state index in [1.54, 1.807) is 12.1 Å². The number of nitrogens with zero attached hydrogens (tertiary/aromatic N) is 1. The molecule has 0 spiro atoms. The first-order chi connectivity index (χ1) is 7.66. The fraction of sp³-hybridized carbons (Fsp3) is 0.417. The first kappa shape index (κ1) is 10.9. The molecule has 1 aliphatic carbocycles. The van der Waals surface area contributed by atoms with Crippen molar-refractivity contribution in [1.82, 2.24) is 0 Å². The van der Waals surface area contributed by atoms with Gasteiger partial charge >= 0.3 is 6.61 Å². The number of ether oxygens (including phenoxy) is 1. The average Bonchev–Trinajstić information content (AvgIpc) is 2.16. The van der Waals surface area contributed by atoms with E-state index in [-0.39, 0.29) is 5.75 Å². The fourth-order valence-electron chi connectivity index (χ4n) is 1.97. The topological polar surface area (TPSA) is 33.0 Å². The predicted molar refractivity (Wildman–Crippen MR) is 54.2 cm³/mol. The van der Waals surface area contributed by atoms with Gasteiger partial charge in [0.1, 0.15) is 5.75 Å². The van der Waals surface area contributed by atoms with Crippen molar-refractivity contribution in [2.75, 3.05) is 0 Å². The zero-order chi connectivity index (χ0) is 11.6. The predicted octanol–water partition coefficient (Wildman–Crippen LogP) is 3.23. The van der Waals surface area contributed by atoms with Crippen molar-refractivity contribution in [3.05, 3.63) is 29.8 Å². The van der Waals surface area contributed by atoms with E-state index in [0.717, 1.165) is 24.8 Å². The van der Waals surface area contributed by atoms with E-state index in [1.165, 1.54) is 12.1 Å². The van der Waals surface area contributed by atoms with Crippen LogP contribution in [0.25, 0.3) is 0 Å². The molecule has 1 fully saturated rings. The Morgan fingerprint density at radius 2 is 2.12 bits per heavy atom. The molecule has 1 aliphatic rings. The summed E-state index contributed by atoms with van der Waals surface area (Å²) in [5, 5.41) is 9.12. The lowest BCUT2D eigenvalue weighted by atomic mass is 9.65. The second-order valence-electron chi connectivity index (χ2n) is 3.95. The molecular formula is C12H11F2NO. The van der Waals surface area contributed by atoms with Crippen LogP contribution in [0, 0.1) is 11.3 Å². The molecule has 0 aliphatic heterocycles. The molecule has 0 heterocycles. The maximum atomic E-state index is 12.0. The highest BCUT2D eigenvalue weighted by molar-refractivity contribution is 5.40. The smallest absolute Gasteiger partial charge is 0.387 e. The van der Waals surface area contributed by atoms with Gasteiger partial charge in [-0.25, -0.2) is 0 Å². The normalized spacial score (nSPS) is 17.6. The molecule has 1 aromatic carbocycles. The van der Waals surface area contributed by atoms with Gasteiger partial charge in [-0.2, -0.15) is 14.0 Å². The lowest BCUT2D eigenvalue weighted by molar-refractivity contribution is -0.0499. The summed E-state index contributed by atoms with van der Waals surface area (Å²) < 4.78 is 28.4. The van der Waals surface area contributed by atoms with Crippen LogP contribution in [0.2, 0.25) is 0 Å². The second-order valence-corrected chi connectivity index (χ2v) is 3.95. The molecule has 0 radical (unpaired) electrons. The Morgan fingerprint density at radius 1 is 1.38 bits per heavy atom. The van der Waals surface area contributed by atoms with Crippen molar-refractivity contribution in [1.29, 1.82) is 5.26 Å². The summed E-state index contributed by atoms with van der Waals surface area (Å²) in [6.07, 6.45) is 2.59. The van der Waals surface area contributed by atoms with Crippen molar-refractivity contribution >= 4 is 0 Å². The zero-order valence-corrected chi connectivity index (χ0v) is 8.62. The Labute approximate surface area is 92.5 Å². The Bertz CT molecular complexity index is 421. The van der Waals surface area contributed by atoms with Gasteiger partial charge in [0.2, 0.25) is 0 Å². The van der Waals surface area contributed by atoms with Crippen molar-refractivity contribution in [3.8, 4) is 11.8 Å². The molecule has 0 aromatic heterocycles. The van der Waals surface area contributed by atoms with Gasteiger partial charge in [0, 0.05) is 0 Å². The summed E-state index contributed by atoms with van der Waals surface area (Å²) in [4.78, 5) is 0. The molecule has 0 N–H and O–H groups in total. The molecule has 0 saturated heterocycles. The van der Waals surface area contributed by atoms with Crippen LogP contribution >= 0.6 is 0 Å². The van der Waals surface area contributed by atoms with Gasteiger partial charge in [0.25, 0.3) is 0 Å². The van der Waals surface area contributed by atoms with Gasteiger partial charge in [-0.05, 0) is 37.0 Å². The third kappa shape index (κ3) is 1.85. The lowest BCUT2D eigenvalue weighted by Crippen LogP contribution is -2.32. The van der Waals surface area contributed by atoms with E-state index >= 15 is 0 Å². The van der Waals surface area contributed by atoms with Crippen LogP contribution in [0.15, 0.2) is 24.3 Å². The summed E-state index contributed by atoms with van der Waals surface area (Å²) in [7, 11) is 0. The third-order valence-corrected chi connectivity index (χ3v) is 3.03. The molecule has 2 rings (SSSR count). The van der Waals surface area contributed by atoms with E-state index in [1.807, 2.05) is 0 Å². The van der Waals surface area contributed by atoms with Crippen LogP contribution < -0.4 is 4.74 Å². The number of halogens is 2. The van der Waals surface area contributed by atoms with Gasteiger partial charge in [-0.3, -0.25) is 0 Å². The molecular weight excluding hydrogens is 212 g/mol. The van der Waals surface area contributed by atoms with Crippen LogP contribution in [0.3, 0.4) is 0 Å². The highest BCUT2D eigenvalue weighted by Crippen LogP contribution is 2.43. The SMILES string of the molecule is N#CC1(c2cccc(OC(F)F)c2)CCC1. The molecule has 1 saturated carbocycles. The number of hydrogen-bond donors (Lipinski definition) is 0. The molecule has 4 heteroatoms. The minimum atomic E-state index is -2.82. The van der Waals surface area contributed by atoms with Crippen molar-refractivity contribution in [2.45, 2.75) is 31.3 Å². The molecule has 84 valence electrons. The van der Waals surface area contributed by atoms with Crippen LogP contribution in [0.4, 0.5) is 8.78 Å². The largest absolute Gasteiger partial charge is 0.435 e. The second kappa shape index (κ2) is 4.09. The molecule has 0 atom stereocenters. The molecule has 0 amide bonds. The van der Waals surface area contributed by atoms with Crippen LogP contribution in [0.1, 0.15) is 24.8 Å². The lowest BCUT2D eigenvalue weighted by Gasteiger charge is -2.35. The maximum Gasteiger partial charge on any atom is 0.387 e. The number of alkyl halides is 2. The van der Waals surface area contributed by atoms with Crippen LogP contribution in [0.5, 0.6) is 5.75 Å². The van der Waals surface area contributed by atoms with Crippen molar-refractivity contribution in [3.63, 3.8) is 0 Å². The van der Waals surface area contributed by atoms with E-state index in [2.05, 4.69) is 10.8 Å². The third-order valence-electron chi connectivity index (χ3n) is 3.03. The number of rotatable bonds is 3. The number of benzene rings is 1. The van der Waals surface area contributed by atoms with E-state index in [0.29, 0.717) is 0 Å². The molecule has 0 unspecified atom stereocenters. The summed E-state index contributed by atoms with van der Waals surface area (Å²) in [6, 6.07) is 8.71. The van der Waals surface area contributed by atoms with Gasteiger partial charge < -0.3 is 4.74 Å². The number of nitriles is 1. The van der Waals surface area contributed by atoms with Crippen molar-refractivity contribution in [2.24, 2.45) is 0 Å². The van der Waals surface area contributed by atoms with Gasteiger partial charge in [0.05, 0.1) is 11.5 Å². The highest BCUT2D eigenvalue weighted by atomic mass is 19.3. The zero-order valence-electron chi connectivity index (χ0n) is 8.62. The minimum absolute atomic E-state index is 0.119. The van der Waals surface area contributed by atoms with Crippen LogP contribution in [-0.2, 0) is 5.41 Å². The Morgan fingerprint density at radius 3 is 2.62 bits per heavy atom. The first-order valence-corrected chi connectivity index (χ1v) is 5.13. The Balaban J connectivity index is 2.26. The van der Waals surface area contributed by atoms with E-state index < -0.39 is 12.0 Å². The van der Waals surface area contributed by atoms with Crippen LogP contribution in [-0.4, -0.2) is 6.61 Å². The van der Waals surface area contributed by atoms with Gasteiger partial charge in [-0.15, -0.1) is 0 Å². The summed E-state index contributed by atoms with van der Waals surface area (Å²) in [5.41, 5.74) is 0.293.